The van der Waals surface area contributed by atoms with Crippen LogP contribution in [0.3, 0.4) is 0 Å². The van der Waals surface area contributed by atoms with Gasteiger partial charge in [-0.1, -0.05) is 92.5 Å². The summed E-state index contributed by atoms with van der Waals surface area (Å²) in [7, 11) is 0. The van der Waals surface area contributed by atoms with Crippen LogP contribution in [0, 0.1) is 0 Å². The van der Waals surface area contributed by atoms with E-state index in [1.807, 2.05) is 39.8 Å². The summed E-state index contributed by atoms with van der Waals surface area (Å²) in [6.45, 7) is 8.91. The molecule has 2 aliphatic heterocycles. The lowest BCUT2D eigenvalue weighted by atomic mass is 9.85. The molecule has 0 amide bonds. The van der Waals surface area contributed by atoms with Gasteiger partial charge < -0.3 is 29.2 Å². The van der Waals surface area contributed by atoms with E-state index in [9.17, 15) is 10.2 Å². The van der Waals surface area contributed by atoms with Gasteiger partial charge in [0.15, 0.2) is 11.6 Å². The second kappa shape index (κ2) is 14.6. The molecule has 0 radical (unpaired) electrons. The third kappa shape index (κ3) is 7.83. The van der Waals surface area contributed by atoms with Crippen molar-refractivity contribution in [1.29, 1.82) is 0 Å². The van der Waals surface area contributed by atoms with E-state index >= 15 is 0 Å². The third-order valence-electron chi connectivity index (χ3n) is 10.5. The number of hydrogen-bond donors (Lipinski definition) is 2. The van der Waals surface area contributed by atoms with E-state index in [2.05, 4.69) is 105 Å². The number of aliphatic hydroxyl groups is 2. The van der Waals surface area contributed by atoms with Crippen molar-refractivity contribution in [2.75, 3.05) is 13.2 Å². The molecule has 6 nitrogen and oxygen atoms in total. The largest absolute Gasteiger partial charge is 0.388 e. The standard InChI is InChI=1S/2C21H23BrO3/c2*1-21(2)24-12-16(25-21)11-19-17-6-4-3-5-13(17)9-14-7-8-15(22)10-18(14)20(19)23/h2*3-8,10,16,19-20,23H,9,11-12H2,1-2H3/t16-,19+,20-;16-,19-,20+/m11/s1. The summed E-state index contributed by atoms with van der Waals surface area (Å²) in [4.78, 5) is 0. The molecule has 4 aromatic rings. The molecule has 0 bridgehead atoms. The fourth-order valence-corrected chi connectivity index (χ4v) is 8.90. The second-order valence-electron chi connectivity index (χ2n) is 14.9. The molecule has 2 fully saturated rings. The van der Waals surface area contributed by atoms with Crippen molar-refractivity contribution >= 4 is 31.9 Å². The number of benzene rings is 4. The molecule has 0 unspecified atom stereocenters. The Labute approximate surface area is 312 Å². The Balaban J connectivity index is 0.000000157. The number of rotatable bonds is 4. The summed E-state index contributed by atoms with van der Waals surface area (Å²) in [6.07, 6.45) is 2.07. The van der Waals surface area contributed by atoms with Crippen LogP contribution in [0.5, 0.6) is 0 Å². The summed E-state index contributed by atoms with van der Waals surface area (Å²) in [5, 5.41) is 22.5. The fourth-order valence-electron chi connectivity index (χ4n) is 8.14. The maximum absolute atomic E-state index is 11.2. The van der Waals surface area contributed by atoms with Gasteiger partial charge in [-0.15, -0.1) is 0 Å². The molecule has 8 rings (SSSR count). The minimum atomic E-state index is -0.552. The van der Waals surface area contributed by atoms with E-state index in [0.717, 1.165) is 45.8 Å². The Morgan fingerprint density at radius 2 is 0.940 bits per heavy atom. The van der Waals surface area contributed by atoms with Crippen LogP contribution in [0.4, 0.5) is 0 Å². The van der Waals surface area contributed by atoms with Crippen LogP contribution in [-0.4, -0.2) is 47.2 Å². The van der Waals surface area contributed by atoms with Gasteiger partial charge in [-0.3, -0.25) is 0 Å². The van der Waals surface area contributed by atoms with Gasteiger partial charge in [-0.05, 0) is 122 Å². The normalized spacial score (nSPS) is 27.4. The Hall–Kier alpha value is -2.40. The predicted molar refractivity (Wildman–Crippen MR) is 201 cm³/mol. The van der Waals surface area contributed by atoms with Crippen molar-refractivity contribution in [2.24, 2.45) is 0 Å². The summed E-state index contributed by atoms with van der Waals surface area (Å²) in [5.41, 5.74) is 9.40. The predicted octanol–water partition coefficient (Wildman–Crippen LogP) is 9.42. The summed E-state index contributed by atoms with van der Waals surface area (Å²) in [5.74, 6) is -1.09. The summed E-state index contributed by atoms with van der Waals surface area (Å²) in [6, 6.07) is 29.3. The highest BCUT2D eigenvalue weighted by molar-refractivity contribution is 9.10. The van der Waals surface area contributed by atoms with Crippen molar-refractivity contribution in [3.63, 3.8) is 0 Å². The van der Waals surface area contributed by atoms with Crippen molar-refractivity contribution in [1.82, 2.24) is 0 Å². The first-order chi connectivity index (χ1) is 23.9. The number of aliphatic hydroxyl groups excluding tert-OH is 2. The molecule has 0 spiro atoms. The smallest absolute Gasteiger partial charge is 0.163 e. The molecule has 2 aliphatic carbocycles. The lowest BCUT2D eigenvalue weighted by Gasteiger charge is -2.26. The number of fused-ring (bicyclic) bond motifs is 4. The molecule has 4 aliphatic rings. The Morgan fingerprint density at radius 1 is 0.560 bits per heavy atom. The van der Waals surface area contributed by atoms with Crippen LogP contribution in [0.15, 0.2) is 93.9 Å². The van der Waals surface area contributed by atoms with Crippen molar-refractivity contribution in [2.45, 2.75) is 101 Å². The molecule has 0 aromatic heterocycles. The molecule has 50 heavy (non-hydrogen) atoms. The highest BCUT2D eigenvalue weighted by atomic mass is 79.9. The Morgan fingerprint density at radius 3 is 1.32 bits per heavy atom. The van der Waals surface area contributed by atoms with Crippen LogP contribution >= 0.6 is 31.9 Å². The lowest BCUT2D eigenvalue weighted by Crippen LogP contribution is -2.24. The fraction of sp³-hybridized carbons (Fsp3) is 0.429. The van der Waals surface area contributed by atoms with E-state index in [0.29, 0.717) is 13.2 Å². The highest BCUT2D eigenvalue weighted by Gasteiger charge is 2.39. The van der Waals surface area contributed by atoms with E-state index in [-0.39, 0.29) is 24.0 Å². The van der Waals surface area contributed by atoms with Crippen LogP contribution < -0.4 is 0 Å². The number of hydrogen-bond acceptors (Lipinski definition) is 6. The topological polar surface area (TPSA) is 77.4 Å². The molecule has 0 saturated carbocycles. The quantitative estimate of drug-likeness (QED) is 0.214. The third-order valence-corrected chi connectivity index (χ3v) is 11.4. The van der Waals surface area contributed by atoms with Gasteiger partial charge in [0.2, 0.25) is 0 Å². The number of halogens is 2. The second-order valence-corrected chi connectivity index (χ2v) is 16.7. The first-order valence-corrected chi connectivity index (χ1v) is 19.2. The molecular weight excluding hydrogens is 760 g/mol. The zero-order valence-electron chi connectivity index (χ0n) is 29.1. The molecule has 2 heterocycles. The molecule has 8 heteroatoms. The lowest BCUT2D eigenvalue weighted by molar-refractivity contribution is -0.140. The minimum Gasteiger partial charge on any atom is -0.388 e. The summed E-state index contributed by atoms with van der Waals surface area (Å²) >= 11 is 7.09. The molecule has 2 saturated heterocycles. The molecule has 2 N–H and O–H groups in total. The molecule has 4 aromatic carbocycles. The van der Waals surface area contributed by atoms with E-state index in [1.165, 1.54) is 33.4 Å². The van der Waals surface area contributed by atoms with Gasteiger partial charge in [0, 0.05) is 20.8 Å². The van der Waals surface area contributed by atoms with Crippen LogP contribution in [0.1, 0.15) is 109 Å². The first-order valence-electron chi connectivity index (χ1n) is 17.6. The average molecular weight is 807 g/mol. The maximum atomic E-state index is 11.2. The SMILES string of the molecule is CC1(C)OC[C@@H](C[C@@H]2c3ccccc3Cc3ccc(Br)cc3[C@@H]2O)O1.CC1(C)OC[C@@H](C[C@H]2c3ccccc3Cc3ccc(Br)cc3[C@H]2O)O1. The van der Waals surface area contributed by atoms with Crippen molar-refractivity contribution in [3.8, 4) is 0 Å². The van der Waals surface area contributed by atoms with Crippen LogP contribution in [-0.2, 0) is 31.8 Å². The van der Waals surface area contributed by atoms with Gasteiger partial charge in [0.05, 0.1) is 37.6 Å². The van der Waals surface area contributed by atoms with Gasteiger partial charge in [-0.25, -0.2) is 0 Å². The zero-order chi connectivity index (χ0) is 35.2. The molecular formula is C42H46Br2O6. The highest BCUT2D eigenvalue weighted by Crippen LogP contribution is 2.45. The van der Waals surface area contributed by atoms with Crippen molar-refractivity contribution in [3.05, 3.63) is 138 Å². The van der Waals surface area contributed by atoms with Gasteiger partial charge in [0.25, 0.3) is 0 Å². The Bertz CT molecular complexity index is 1710. The van der Waals surface area contributed by atoms with E-state index in [1.54, 1.807) is 0 Å². The average Bonchev–Trinajstić information content (AvgIpc) is 3.55. The van der Waals surface area contributed by atoms with E-state index < -0.39 is 23.8 Å². The maximum Gasteiger partial charge on any atom is 0.163 e. The monoisotopic (exact) mass is 804 g/mol. The molecule has 6 atom stereocenters. The minimum absolute atomic E-state index is 0.00332. The zero-order valence-corrected chi connectivity index (χ0v) is 32.2. The van der Waals surface area contributed by atoms with Gasteiger partial charge in [0.1, 0.15) is 0 Å². The van der Waals surface area contributed by atoms with E-state index in [4.69, 9.17) is 18.9 Å². The van der Waals surface area contributed by atoms with Gasteiger partial charge in [-0.2, -0.15) is 0 Å². The summed E-state index contributed by atoms with van der Waals surface area (Å²) < 4.78 is 25.5. The Kier molecular flexibility index (Phi) is 10.5. The van der Waals surface area contributed by atoms with Crippen molar-refractivity contribution < 1.29 is 29.2 Å². The number of ether oxygens (including phenoxy) is 4. The van der Waals surface area contributed by atoms with Crippen LogP contribution in [0.25, 0.3) is 0 Å². The molecule has 264 valence electrons. The first kappa shape index (κ1) is 36.0. The van der Waals surface area contributed by atoms with Gasteiger partial charge >= 0.3 is 0 Å². The van der Waals surface area contributed by atoms with Crippen LogP contribution in [0.2, 0.25) is 0 Å².